The van der Waals surface area contributed by atoms with Crippen molar-refractivity contribution in [3.05, 3.63) is 28.4 Å². The topological polar surface area (TPSA) is 155 Å². The maximum Gasteiger partial charge on any atom is 0.370 e. The average Bonchev–Trinajstić information content (AvgIpc) is 3.24. The van der Waals surface area contributed by atoms with Crippen LogP contribution in [-0.2, 0) is 0 Å². The Morgan fingerprint density at radius 1 is 1.30 bits per heavy atom. The molecule has 0 unspecified atom stereocenters. The number of aromatic amines is 2. The molecule has 3 heterocycles. The van der Waals surface area contributed by atoms with Gasteiger partial charge in [-0.25, -0.2) is 10.3 Å². The second-order valence-electron chi connectivity index (χ2n) is 5.47. The molecule has 0 saturated carbocycles. The standard InChI is InChI=1S/C15H13N7O4S/c1-25-8-3-6-7(4-9(8)26-2)18-12-11(6)13(20-14(16)19-12)21-15-17-5-10(27-15)22(23)24/h3-5H,1-2H3,(H4,16,17,18,19,20,21)/p+1. The van der Waals surface area contributed by atoms with Crippen LogP contribution >= 0.6 is 11.3 Å². The molecule has 138 valence electrons. The summed E-state index contributed by atoms with van der Waals surface area (Å²) >= 11 is 0.950. The molecule has 0 aliphatic rings. The van der Waals surface area contributed by atoms with Gasteiger partial charge in [-0.05, 0) is 6.07 Å². The number of nitrogens with one attached hydrogen (secondary N) is 3. The summed E-state index contributed by atoms with van der Waals surface area (Å²) in [7, 11) is 3.10. The normalized spacial score (nSPS) is 11.0. The van der Waals surface area contributed by atoms with E-state index in [0.29, 0.717) is 33.5 Å². The lowest BCUT2D eigenvalue weighted by molar-refractivity contribution is -0.402. The van der Waals surface area contributed by atoms with Gasteiger partial charge < -0.3 is 20.2 Å². The Bertz CT molecular complexity index is 1190. The Labute approximate surface area is 155 Å². The highest BCUT2D eigenvalue weighted by molar-refractivity contribution is 7.18. The van der Waals surface area contributed by atoms with Crippen LogP contribution < -0.4 is 25.5 Å². The molecule has 3 aromatic heterocycles. The van der Waals surface area contributed by atoms with E-state index in [4.69, 9.17) is 15.2 Å². The van der Waals surface area contributed by atoms with Crippen molar-refractivity contribution < 1.29 is 19.4 Å². The van der Waals surface area contributed by atoms with E-state index < -0.39 is 4.92 Å². The molecule has 0 saturated heterocycles. The smallest absolute Gasteiger partial charge is 0.370 e. The Morgan fingerprint density at radius 3 is 2.70 bits per heavy atom. The minimum absolute atomic E-state index is 0.0268. The summed E-state index contributed by atoms with van der Waals surface area (Å²) in [5.74, 6) is 1.58. The quantitative estimate of drug-likeness (QED) is 0.347. The fourth-order valence-corrected chi connectivity index (χ4v) is 3.45. The van der Waals surface area contributed by atoms with Crippen LogP contribution in [0.3, 0.4) is 0 Å². The molecule has 1 aromatic carbocycles. The molecule has 0 bridgehead atoms. The van der Waals surface area contributed by atoms with Crippen molar-refractivity contribution >= 4 is 55.2 Å². The summed E-state index contributed by atoms with van der Waals surface area (Å²) < 4.78 is 10.7. The molecule has 0 aliphatic heterocycles. The zero-order chi connectivity index (χ0) is 19.1. The minimum Gasteiger partial charge on any atom is -0.493 e. The summed E-state index contributed by atoms with van der Waals surface area (Å²) in [5.41, 5.74) is 7.09. The van der Waals surface area contributed by atoms with Gasteiger partial charge in [-0.2, -0.15) is 9.97 Å². The van der Waals surface area contributed by atoms with Crippen molar-refractivity contribution in [3.63, 3.8) is 0 Å². The number of nitrogens with zero attached hydrogens (tertiary/aromatic N) is 3. The average molecular weight is 388 g/mol. The van der Waals surface area contributed by atoms with E-state index in [1.165, 1.54) is 6.20 Å². The van der Waals surface area contributed by atoms with Crippen LogP contribution in [0.15, 0.2) is 18.3 Å². The number of fused-ring (bicyclic) bond motifs is 3. The molecule has 27 heavy (non-hydrogen) atoms. The second-order valence-corrected chi connectivity index (χ2v) is 6.50. The monoisotopic (exact) mass is 388 g/mol. The van der Waals surface area contributed by atoms with Crippen molar-refractivity contribution in [1.82, 2.24) is 15.0 Å². The third-order valence-corrected chi connectivity index (χ3v) is 4.82. The van der Waals surface area contributed by atoms with Crippen molar-refractivity contribution in [1.29, 1.82) is 0 Å². The Morgan fingerprint density at radius 2 is 2.04 bits per heavy atom. The van der Waals surface area contributed by atoms with Crippen LogP contribution in [0.25, 0.3) is 21.9 Å². The minimum atomic E-state index is -0.473. The highest BCUT2D eigenvalue weighted by Gasteiger charge is 2.22. The van der Waals surface area contributed by atoms with E-state index in [1.807, 2.05) is 0 Å². The third-order valence-electron chi connectivity index (χ3n) is 3.92. The molecule has 0 atom stereocenters. The number of aromatic nitrogens is 4. The number of hydrogen-bond donors (Lipinski definition) is 3. The fraction of sp³-hybridized carbons (Fsp3) is 0.133. The molecule has 0 radical (unpaired) electrons. The van der Waals surface area contributed by atoms with Crippen molar-refractivity contribution in [2.45, 2.75) is 0 Å². The lowest BCUT2D eigenvalue weighted by atomic mass is 10.2. The van der Waals surface area contributed by atoms with Gasteiger partial charge in [-0.3, -0.25) is 10.1 Å². The second kappa shape index (κ2) is 6.25. The number of benzene rings is 1. The predicted octanol–water partition coefficient (Wildman–Crippen LogP) is 2.24. The van der Waals surface area contributed by atoms with Gasteiger partial charge in [0.2, 0.25) is 11.8 Å². The van der Waals surface area contributed by atoms with E-state index in [-0.39, 0.29) is 10.9 Å². The molecule has 4 aromatic rings. The van der Waals surface area contributed by atoms with Gasteiger partial charge >= 0.3 is 10.1 Å². The summed E-state index contributed by atoms with van der Waals surface area (Å²) in [6.45, 7) is 0. The summed E-state index contributed by atoms with van der Waals surface area (Å²) in [6.07, 6.45) is 1.30. The number of anilines is 3. The van der Waals surface area contributed by atoms with E-state index in [1.54, 1.807) is 26.4 Å². The van der Waals surface area contributed by atoms with Crippen molar-refractivity contribution in [2.75, 3.05) is 25.3 Å². The number of methoxy groups -OCH3 is 2. The number of ether oxygens (including phenoxy) is 2. The van der Waals surface area contributed by atoms with Crippen molar-refractivity contribution in [3.8, 4) is 11.5 Å². The zero-order valence-corrected chi connectivity index (χ0v) is 15.0. The van der Waals surface area contributed by atoms with Gasteiger partial charge in [0.15, 0.2) is 17.7 Å². The van der Waals surface area contributed by atoms with E-state index in [0.717, 1.165) is 22.2 Å². The number of thiazole rings is 1. The number of H-pyrrole nitrogens is 2. The lowest BCUT2D eigenvalue weighted by Crippen LogP contribution is -2.06. The molecule has 5 N–H and O–H groups in total. The SMILES string of the molecule is COc1cc2[nH]c3nc(N)nc(Nc4[nH+]cc([N+](=O)[O-])s4)c3c2cc1OC. The molecule has 0 spiro atoms. The van der Waals surface area contributed by atoms with Crippen LogP contribution in [0.1, 0.15) is 0 Å². The van der Waals surface area contributed by atoms with Crippen LogP contribution in [-0.4, -0.2) is 34.1 Å². The maximum absolute atomic E-state index is 10.9. The van der Waals surface area contributed by atoms with Gasteiger partial charge in [0, 0.05) is 22.8 Å². The first-order valence-corrected chi connectivity index (χ1v) is 8.45. The molecule has 12 heteroatoms. The van der Waals surface area contributed by atoms with Crippen LogP contribution in [0.4, 0.5) is 21.9 Å². The van der Waals surface area contributed by atoms with Gasteiger partial charge in [0.05, 0.1) is 30.0 Å². The molecule has 0 aliphatic carbocycles. The van der Waals surface area contributed by atoms with Crippen LogP contribution in [0.2, 0.25) is 0 Å². The Balaban J connectivity index is 1.91. The maximum atomic E-state index is 10.9. The van der Waals surface area contributed by atoms with Gasteiger partial charge in [-0.1, -0.05) is 0 Å². The highest BCUT2D eigenvalue weighted by atomic mass is 32.1. The van der Waals surface area contributed by atoms with Crippen molar-refractivity contribution in [2.24, 2.45) is 0 Å². The number of hydrogen-bond acceptors (Lipinski definition) is 9. The number of nitrogen functional groups attached to an aromatic ring is 1. The molecule has 0 amide bonds. The molecule has 4 rings (SSSR count). The van der Waals surface area contributed by atoms with Crippen LogP contribution in [0.5, 0.6) is 11.5 Å². The van der Waals surface area contributed by atoms with E-state index >= 15 is 0 Å². The summed E-state index contributed by atoms with van der Waals surface area (Å²) in [6, 6.07) is 3.59. The Kier molecular flexibility index (Phi) is 3.88. The largest absolute Gasteiger partial charge is 0.493 e. The molecule has 0 fully saturated rings. The van der Waals surface area contributed by atoms with E-state index in [9.17, 15) is 10.1 Å². The third kappa shape index (κ3) is 2.81. The molecular weight excluding hydrogens is 374 g/mol. The summed E-state index contributed by atoms with van der Waals surface area (Å²) in [4.78, 5) is 24.9. The van der Waals surface area contributed by atoms with Gasteiger partial charge in [-0.15, -0.1) is 0 Å². The first-order chi connectivity index (χ1) is 13.0. The summed E-state index contributed by atoms with van der Waals surface area (Å²) in [5, 5.41) is 15.8. The zero-order valence-electron chi connectivity index (χ0n) is 14.2. The van der Waals surface area contributed by atoms with Crippen LogP contribution in [0, 0.1) is 10.1 Å². The molecule has 11 nitrogen and oxygen atoms in total. The highest BCUT2D eigenvalue weighted by Crippen LogP contribution is 2.38. The predicted molar refractivity (Wildman–Crippen MR) is 99.7 cm³/mol. The van der Waals surface area contributed by atoms with E-state index in [2.05, 4.69) is 25.3 Å². The Hall–Kier alpha value is -3.67. The first kappa shape index (κ1) is 16.8. The number of nitro groups is 1. The lowest BCUT2D eigenvalue weighted by Gasteiger charge is -2.07. The van der Waals surface area contributed by atoms with Gasteiger partial charge in [0.1, 0.15) is 5.65 Å². The fourth-order valence-electron chi connectivity index (χ4n) is 2.78. The number of rotatable bonds is 5. The molecular formula is C15H14N7O4S+. The first-order valence-electron chi connectivity index (χ1n) is 7.64. The van der Waals surface area contributed by atoms with Gasteiger partial charge in [0.25, 0.3) is 0 Å². The number of nitrogens with two attached hydrogens (primary N) is 1.